The molecule has 8 atom stereocenters. The zero-order valence-corrected chi connectivity index (χ0v) is 28.9. The summed E-state index contributed by atoms with van der Waals surface area (Å²) in [5.74, 6) is 0.692. The summed E-state index contributed by atoms with van der Waals surface area (Å²) in [4.78, 5) is 55.3. The van der Waals surface area contributed by atoms with Crippen LogP contribution in [0.2, 0.25) is 0 Å². The van der Waals surface area contributed by atoms with Gasteiger partial charge in [-0.25, -0.2) is 29.5 Å². The van der Waals surface area contributed by atoms with Gasteiger partial charge in [-0.2, -0.15) is 0 Å². The molecule has 0 aromatic carbocycles. The zero-order valence-electron chi connectivity index (χ0n) is 25.4. The highest BCUT2D eigenvalue weighted by Crippen LogP contribution is 2.52. The lowest BCUT2D eigenvalue weighted by atomic mass is 10.1. The molecule has 2 fully saturated rings. The number of Topliss-reactive ketones (excluding diaryl/α,β-unsaturated/α-hetero) is 1. The van der Waals surface area contributed by atoms with E-state index in [4.69, 9.17) is 46.3 Å². The third kappa shape index (κ3) is 6.98. The maximum absolute atomic E-state index is 13.1. The number of aliphatic hydroxyl groups excluding tert-OH is 1. The largest absolute Gasteiger partial charge is 0.387 e. The fourth-order valence-electron chi connectivity index (χ4n) is 6.09. The van der Waals surface area contributed by atoms with E-state index >= 15 is 0 Å². The van der Waals surface area contributed by atoms with Gasteiger partial charge in [0.15, 0.2) is 29.7 Å². The normalized spacial score (nSPS) is 28.1. The molecular weight excluding hydrogens is 726 g/mol. The summed E-state index contributed by atoms with van der Waals surface area (Å²) < 4.78 is 43.1. The van der Waals surface area contributed by atoms with Crippen molar-refractivity contribution < 1.29 is 47.3 Å². The van der Waals surface area contributed by atoms with Gasteiger partial charge in [-0.3, -0.25) is 23.0 Å². The quantitative estimate of drug-likeness (QED) is 0.0807. The highest BCUT2D eigenvalue weighted by molar-refractivity contribution is 8.44. The Morgan fingerprint density at radius 3 is 2.73 bits per heavy atom. The molecule has 0 saturated carbocycles. The first-order valence-electron chi connectivity index (χ1n) is 15.0. The molecule has 0 bridgehead atoms. The number of imidazole rings is 1. The van der Waals surface area contributed by atoms with Gasteiger partial charge in [0, 0.05) is 19.2 Å². The van der Waals surface area contributed by atoms with Gasteiger partial charge >= 0.3 is 13.5 Å². The summed E-state index contributed by atoms with van der Waals surface area (Å²) in [6.07, 6.45) is -1.16. The van der Waals surface area contributed by atoms with Crippen LogP contribution >= 0.6 is 25.8 Å². The van der Waals surface area contributed by atoms with E-state index in [0.717, 1.165) is 30.3 Å². The number of nitrogen functional groups attached to an aromatic ring is 1. The second kappa shape index (κ2) is 13.5. The number of aliphatic hydroxyl groups is 1. The number of hydrogen-bond donors (Lipinski definition) is 7. The molecule has 8 N–H and O–H groups in total. The topological polar surface area (TPSA) is 279 Å². The highest BCUT2D eigenvalue weighted by Gasteiger charge is 2.49. The molecule has 24 heteroatoms. The van der Waals surface area contributed by atoms with Crippen LogP contribution in [0.15, 0.2) is 18.9 Å². The van der Waals surface area contributed by atoms with Crippen LogP contribution < -0.4 is 16.8 Å². The predicted octanol–water partition coefficient (Wildman–Crippen LogP) is 0.450. The van der Waals surface area contributed by atoms with Gasteiger partial charge in [-0.15, -0.1) is 0 Å². The van der Waals surface area contributed by atoms with Crippen molar-refractivity contribution in [3.05, 3.63) is 30.2 Å². The monoisotopic (exact) mass is 758 g/mol. The molecule has 7 rings (SSSR count). The first-order chi connectivity index (χ1) is 23.3. The Morgan fingerprint density at radius 2 is 1.96 bits per heavy atom. The predicted molar refractivity (Wildman–Crippen MR) is 178 cm³/mol. The minimum absolute atomic E-state index is 0.0355. The Hall–Kier alpha value is -2.69. The Balaban J connectivity index is 1.08. The smallest absolute Gasteiger partial charge is 0.383 e. The molecule has 0 spiro atoms. The van der Waals surface area contributed by atoms with Crippen molar-refractivity contribution in [3.8, 4) is 0 Å². The number of carbonyl (C=O) groups is 1. The highest BCUT2D eigenvalue weighted by atomic mass is 32.7. The van der Waals surface area contributed by atoms with Crippen LogP contribution in [0.25, 0.3) is 22.2 Å². The molecule has 3 aliphatic rings. The van der Waals surface area contributed by atoms with Crippen molar-refractivity contribution in [3.63, 3.8) is 0 Å². The minimum Gasteiger partial charge on any atom is -0.387 e. The molecule has 2 saturated heterocycles. The maximum Gasteiger partial charge on any atom is 0.383 e. The Kier molecular flexibility index (Phi) is 9.54. The SMILES string of the molecule is NCc1nc(N)c2ncn([C@@H]3O[C@H](COP(=O)(O)S)[C@@H](O)[C@H]3OP(O)(=S)OC[C@@H]3CC(=O)C(n4cc5c6c(ncnc64)NCCC5)O3)c2n1. The molecule has 4 aromatic rings. The van der Waals surface area contributed by atoms with Crippen molar-refractivity contribution in [2.45, 2.75) is 62.7 Å². The fourth-order valence-corrected chi connectivity index (χ4v) is 8.06. The summed E-state index contributed by atoms with van der Waals surface area (Å²) >= 11 is 8.81. The van der Waals surface area contributed by atoms with Crippen LogP contribution in [-0.4, -0.2) is 98.9 Å². The number of anilines is 2. The molecule has 0 radical (unpaired) electrons. The van der Waals surface area contributed by atoms with Gasteiger partial charge in [0.1, 0.15) is 47.4 Å². The Labute approximate surface area is 287 Å². The number of rotatable bonds is 11. The van der Waals surface area contributed by atoms with Gasteiger partial charge in [0.25, 0.3) is 0 Å². The molecule has 20 nitrogen and oxygen atoms in total. The number of nitrogens with one attached hydrogen (secondary N) is 1. The average molecular weight is 759 g/mol. The molecule has 49 heavy (non-hydrogen) atoms. The standard InChI is InChI=1S/C25H32N10O10P2S2/c26-5-15-32-20(27)17-23(33-15)35(10-31-17)25-19(18(37)14(44-25)8-41-46(38,39)48)45-47(40,49)42-7-12-4-13(36)24(43-12)34-6-11-2-1-3-28-21-16(11)22(34)30-9-29-21/h6,9-10,12,14,18-19,24-25,37H,1-5,7-8,26H2,(H,40,49)(H2,27,32,33)(H,28,29,30)(H2,38,39,48)/t12-,14+,18+,19+,24?,25+,47?/m0/s1. The second-order valence-corrected chi connectivity index (χ2v) is 17.1. The summed E-state index contributed by atoms with van der Waals surface area (Å²) in [5, 5.41) is 15.3. The number of ketones is 1. The maximum atomic E-state index is 13.1. The van der Waals surface area contributed by atoms with Gasteiger partial charge in [0.05, 0.1) is 37.6 Å². The Bertz CT molecular complexity index is 2010. The summed E-state index contributed by atoms with van der Waals surface area (Å²) in [5.41, 5.74) is 13.7. The molecular formula is C25H32N10O10P2S2. The number of hydrogen-bond acceptors (Lipinski definition) is 17. The lowest BCUT2D eigenvalue weighted by Crippen LogP contribution is -2.35. The number of carbonyl (C=O) groups excluding carboxylic acids is 1. The first kappa shape index (κ1) is 34.7. The van der Waals surface area contributed by atoms with E-state index in [1.165, 1.54) is 17.2 Å². The molecule has 3 unspecified atom stereocenters. The number of ether oxygens (including phenoxy) is 2. The average Bonchev–Trinajstić information content (AvgIpc) is 3.77. The Morgan fingerprint density at radius 1 is 1.14 bits per heavy atom. The number of nitrogens with two attached hydrogens (primary N) is 2. The number of fused-ring (bicyclic) bond motifs is 1. The van der Waals surface area contributed by atoms with E-state index in [1.54, 1.807) is 4.57 Å². The van der Waals surface area contributed by atoms with E-state index in [0.29, 0.717) is 11.5 Å². The zero-order chi connectivity index (χ0) is 34.7. The van der Waals surface area contributed by atoms with Crippen molar-refractivity contribution >= 4 is 77.2 Å². The number of nitrogens with zero attached hydrogens (tertiary/aromatic N) is 7. The number of aryl methyl sites for hydroxylation is 1. The van der Waals surface area contributed by atoms with E-state index < -0.39 is 57.0 Å². The van der Waals surface area contributed by atoms with E-state index in [-0.39, 0.29) is 48.2 Å². The number of aromatic nitrogens is 7. The van der Waals surface area contributed by atoms with Crippen molar-refractivity contribution in [1.82, 2.24) is 34.1 Å². The molecule has 264 valence electrons. The van der Waals surface area contributed by atoms with Crippen molar-refractivity contribution in [1.29, 1.82) is 0 Å². The van der Waals surface area contributed by atoms with E-state index in [9.17, 15) is 24.3 Å². The third-order valence-corrected chi connectivity index (χ3v) is 10.6. The van der Waals surface area contributed by atoms with E-state index in [1.807, 2.05) is 6.20 Å². The van der Waals surface area contributed by atoms with Gasteiger partial charge in [-0.05, 0) is 30.2 Å². The van der Waals surface area contributed by atoms with Gasteiger partial charge in [0.2, 0.25) is 0 Å². The second-order valence-electron chi connectivity index (χ2n) is 11.5. The van der Waals surface area contributed by atoms with Gasteiger partial charge in [-0.1, -0.05) is 12.2 Å². The van der Waals surface area contributed by atoms with Crippen molar-refractivity contribution in [2.75, 3.05) is 30.8 Å². The number of thiol groups is 1. The molecule has 7 heterocycles. The first-order valence-corrected chi connectivity index (χ1v) is 20.3. The van der Waals surface area contributed by atoms with Crippen molar-refractivity contribution in [2.24, 2.45) is 5.73 Å². The molecule has 3 aliphatic heterocycles. The van der Waals surface area contributed by atoms with Crippen LogP contribution in [-0.2, 0) is 57.2 Å². The van der Waals surface area contributed by atoms with Crippen LogP contribution in [0, 0.1) is 0 Å². The summed E-state index contributed by atoms with van der Waals surface area (Å²) in [6, 6.07) is 0. The summed E-state index contributed by atoms with van der Waals surface area (Å²) in [6.45, 7) is -8.64. The van der Waals surface area contributed by atoms with Crippen LogP contribution in [0.1, 0.15) is 36.7 Å². The molecule has 0 aliphatic carbocycles. The summed E-state index contributed by atoms with van der Waals surface area (Å²) in [7, 11) is 0. The molecule has 4 aromatic heterocycles. The third-order valence-electron chi connectivity index (χ3n) is 8.23. The van der Waals surface area contributed by atoms with Crippen LogP contribution in [0.5, 0.6) is 0 Å². The fraction of sp³-hybridized carbons (Fsp3) is 0.520. The van der Waals surface area contributed by atoms with Gasteiger partial charge < -0.3 is 45.7 Å². The van der Waals surface area contributed by atoms with E-state index in [2.05, 4.69) is 42.5 Å². The lowest BCUT2D eigenvalue weighted by molar-refractivity contribution is -0.127. The van der Waals surface area contributed by atoms with Crippen LogP contribution in [0.3, 0.4) is 0 Å². The van der Waals surface area contributed by atoms with Crippen LogP contribution in [0.4, 0.5) is 11.6 Å². The minimum atomic E-state index is -4.26. The lowest BCUT2D eigenvalue weighted by Gasteiger charge is -2.26. The molecule has 0 amide bonds.